The van der Waals surface area contributed by atoms with E-state index in [1.54, 1.807) is 4.90 Å². The molecule has 174 valence electrons. The first-order valence-corrected chi connectivity index (χ1v) is 12.5. The van der Waals surface area contributed by atoms with Crippen LogP contribution < -0.4 is 5.56 Å². The van der Waals surface area contributed by atoms with Gasteiger partial charge < -0.3 is 14.8 Å². The van der Waals surface area contributed by atoms with Crippen molar-refractivity contribution < 1.29 is 9.59 Å². The van der Waals surface area contributed by atoms with Crippen molar-refractivity contribution in [2.45, 2.75) is 89.3 Å². The van der Waals surface area contributed by atoms with Crippen LogP contribution in [0.2, 0.25) is 0 Å². The monoisotopic (exact) mass is 441 g/mol. The second kappa shape index (κ2) is 8.96. The van der Waals surface area contributed by atoms with Gasteiger partial charge in [0.15, 0.2) is 0 Å². The molecule has 2 atom stereocenters. The lowest BCUT2D eigenvalue weighted by Gasteiger charge is -2.37. The van der Waals surface area contributed by atoms with E-state index in [0.29, 0.717) is 32.1 Å². The van der Waals surface area contributed by atoms with E-state index in [1.807, 2.05) is 11.8 Å². The summed E-state index contributed by atoms with van der Waals surface area (Å²) >= 11 is 0. The maximum atomic E-state index is 13.0. The molecular weight excluding hydrogens is 406 g/mol. The normalized spacial score (nSPS) is 25.9. The summed E-state index contributed by atoms with van der Waals surface area (Å²) in [6.07, 6.45) is 9.38. The summed E-state index contributed by atoms with van der Waals surface area (Å²) in [5.74, 6) is 0.847. The Morgan fingerprint density at radius 3 is 2.59 bits per heavy atom. The number of likely N-dealkylation sites (tertiary alicyclic amines) is 2. The quantitative estimate of drug-likeness (QED) is 0.769. The van der Waals surface area contributed by atoms with Crippen LogP contribution in [0.3, 0.4) is 0 Å². The predicted molar refractivity (Wildman–Crippen MR) is 120 cm³/mol. The van der Waals surface area contributed by atoms with Gasteiger partial charge in [-0.1, -0.05) is 19.3 Å². The number of nitrogens with zero attached hydrogens (tertiary/aromatic N) is 4. The Kier molecular flexibility index (Phi) is 6.05. The largest absolute Gasteiger partial charge is 0.340 e. The molecule has 1 aromatic heterocycles. The van der Waals surface area contributed by atoms with Crippen molar-refractivity contribution in [2.75, 3.05) is 26.2 Å². The van der Waals surface area contributed by atoms with Gasteiger partial charge in [0, 0.05) is 56.7 Å². The van der Waals surface area contributed by atoms with Crippen LogP contribution in [0.5, 0.6) is 0 Å². The highest BCUT2D eigenvalue weighted by molar-refractivity contribution is 5.88. The highest BCUT2D eigenvalue weighted by Gasteiger charge is 2.36. The Morgan fingerprint density at radius 1 is 1.03 bits per heavy atom. The fourth-order valence-electron chi connectivity index (χ4n) is 6.09. The molecule has 5 rings (SSSR count). The molecule has 8 heteroatoms. The number of aromatic nitrogens is 2. The third kappa shape index (κ3) is 4.09. The minimum Gasteiger partial charge on any atom is -0.340 e. The lowest BCUT2D eigenvalue weighted by molar-refractivity contribution is -0.142. The number of nitrogens with one attached hydrogen (secondary N) is 1. The van der Waals surface area contributed by atoms with Crippen LogP contribution in [-0.4, -0.2) is 74.7 Å². The van der Waals surface area contributed by atoms with Crippen LogP contribution in [0.15, 0.2) is 4.79 Å². The van der Waals surface area contributed by atoms with E-state index in [-0.39, 0.29) is 23.3 Å². The number of aromatic amines is 1. The lowest BCUT2D eigenvalue weighted by Crippen LogP contribution is -2.46. The molecule has 32 heavy (non-hydrogen) atoms. The van der Waals surface area contributed by atoms with Gasteiger partial charge in [-0.05, 0) is 39.0 Å². The van der Waals surface area contributed by atoms with Crippen LogP contribution >= 0.6 is 0 Å². The Morgan fingerprint density at radius 2 is 1.84 bits per heavy atom. The molecule has 4 aliphatic rings. The molecule has 0 bridgehead atoms. The van der Waals surface area contributed by atoms with Crippen molar-refractivity contribution in [3.63, 3.8) is 0 Å². The van der Waals surface area contributed by atoms with E-state index in [0.717, 1.165) is 49.4 Å². The highest BCUT2D eigenvalue weighted by atomic mass is 16.2. The van der Waals surface area contributed by atoms with Crippen molar-refractivity contribution >= 4 is 11.8 Å². The van der Waals surface area contributed by atoms with E-state index in [9.17, 15) is 14.4 Å². The maximum absolute atomic E-state index is 13.0. The predicted octanol–water partition coefficient (Wildman–Crippen LogP) is 1.79. The van der Waals surface area contributed by atoms with Crippen molar-refractivity contribution in [3.8, 4) is 0 Å². The SMILES string of the molecule is C[C@@H](C(=O)N1CC[C@@H](c2nc3c(c(=O)[nH]2)CCN(C2CCCCC2)C3)C1)N1CCCC1=O. The number of H-pyrrole nitrogens is 1. The second-order valence-corrected chi connectivity index (χ2v) is 10.0. The number of hydrogen-bond donors (Lipinski definition) is 1. The molecule has 0 unspecified atom stereocenters. The fourth-order valence-corrected chi connectivity index (χ4v) is 6.09. The summed E-state index contributed by atoms with van der Waals surface area (Å²) < 4.78 is 0. The smallest absolute Gasteiger partial charge is 0.254 e. The zero-order chi connectivity index (χ0) is 22.2. The first-order valence-electron chi connectivity index (χ1n) is 12.5. The molecule has 2 amide bonds. The van der Waals surface area contributed by atoms with Crippen molar-refractivity contribution in [1.29, 1.82) is 0 Å². The Hall–Kier alpha value is -2.22. The van der Waals surface area contributed by atoms with Gasteiger partial charge in [0.1, 0.15) is 11.9 Å². The zero-order valence-corrected chi connectivity index (χ0v) is 19.1. The van der Waals surface area contributed by atoms with Gasteiger partial charge in [0.05, 0.1) is 5.69 Å². The van der Waals surface area contributed by atoms with Gasteiger partial charge in [-0.15, -0.1) is 0 Å². The Balaban J connectivity index is 1.28. The van der Waals surface area contributed by atoms with E-state index in [4.69, 9.17) is 4.98 Å². The van der Waals surface area contributed by atoms with Crippen LogP contribution in [0.25, 0.3) is 0 Å². The fraction of sp³-hybridized carbons (Fsp3) is 0.750. The molecule has 4 heterocycles. The van der Waals surface area contributed by atoms with E-state index in [2.05, 4.69) is 9.88 Å². The van der Waals surface area contributed by atoms with Gasteiger partial charge in [-0.3, -0.25) is 19.3 Å². The maximum Gasteiger partial charge on any atom is 0.254 e. The number of carbonyl (C=O) groups excluding carboxylic acids is 2. The van der Waals surface area contributed by atoms with E-state index < -0.39 is 6.04 Å². The van der Waals surface area contributed by atoms with Crippen LogP contribution in [0, 0.1) is 0 Å². The van der Waals surface area contributed by atoms with Gasteiger partial charge in [-0.25, -0.2) is 4.98 Å². The van der Waals surface area contributed by atoms with Gasteiger partial charge >= 0.3 is 0 Å². The first kappa shape index (κ1) is 21.6. The van der Waals surface area contributed by atoms with Crippen molar-refractivity contribution in [1.82, 2.24) is 24.7 Å². The summed E-state index contributed by atoms with van der Waals surface area (Å²) in [5, 5.41) is 0. The van der Waals surface area contributed by atoms with Gasteiger partial charge in [0.2, 0.25) is 11.8 Å². The molecule has 1 saturated carbocycles. The molecule has 0 radical (unpaired) electrons. The van der Waals surface area contributed by atoms with Crippen LogP contribution in [0.1, 0.15) is 81.3 Å². The van der Waals surface area contributed by atoms with Gasteiger partial charge in [0.25, 0.3) is 5.56 Å². The van der Waals surface area contributed by atoms with Gasteiger partial charge in [-0.2, -0.15) is 0 Å². The Labute approximate surface area is 189 Å². The highest BCUT2D eigenvalue weighted by Crippen LogP contribution is 2.29. The molecule has 1 N–H and O–H groups in total. The number of hydrogen-bond acceptors (Lipinski definition) is 5. The number of fused-ring (bicyclic) bond motifs is 1. The second-order valence-electron chi connectivity index (χ2n) is 10.0. The average Bonchev–Trinajstić information content (AvgIpc) is 3.48. The lowest BCUT2D eigenvalue weighted by atomic mass is 9.92. The van der Waals surface area contributed by atoms with Crippen LogP contribution in [-0.2, 0) is 22.6 Å². The summed E-state index contributed by atoms with van der Waals surface area (Å²) in [4.78, 5) is 51.9. The Bertz CT molecular complexity index is 938. The standard InChI is InChI=1S/C24H35N5O3/c1-16(29-11-5-8-21(29)30)24(32)28-12-9-17(14-28)22-25-20-15-27(18-6-3-2-4-7-18)13-10-19(20)23(31)26-22/h16-18H,2-15H2,1H3,(H,25,26,31)/t16-,17+/m0/s1. The molecule has 8 nitrogen and oxygen atoms in total. The summed E-state index contributed by atoms with van der Waals surface area (Å²) in [6.45, 7) is 5.41. The molecule has 1 aliphatic carbocycles. The zero-order valence-electron chi connectivity index (χ0n) is 19.1. The first-order chi connectivity index (χ1) is 15.5. The van der Waals surface area contributed by atoms with Crippen molar-refractivity contribution in [3.05, 3.63) is 27.4 Å². The van der Waals surface area contributed by atoms with E-state index in [1.165, 1.54) is 32.1 Å². The van der Waals surface area contributed by atoms with Crippen molar-refractivity contribution in [2.24, 2.45) is 0 Å². The summed E-state index contributed by atoms with van der Waals surface area (Å²) in [7, 11) is 0. The molecule has 0 aromatic carbocycles. The molecule has 2 saturated heterocycles. The van der Waals surface area contributed by atoms with E-state index >= 15 is 0 Å². The minimum absolute atomic E-state index is 0.00546. The molecule has 3 fully saturated rings. The summed E-state index contributed by atoms with van der Waals surface area (Å²) in [6, 6.07) is 0.208. The number of rotatable bonds is 4. The average molecular weight is 442 g/mol. The third-order valence-corrected chi connectivity index (χ3v) is 8.03. The summed E-state index contributed by atoms with van der Waals surface area (Å²) in [5.41, 5.74) is 1.77. The molecule has 3 aliphatic heterocycles. The molecule has 1 aromatic rings. The number of carbonyl (C=O) groups is 2. The molecular formula is C24H35N5O3. The van der Waals surface area contributed by atoms with Crippen LogP contribution in [0.4, 0.5) is 0 Å². The number of amides is 2. The minimum atomic E-state index is -0.414. The molecule has 0 spiro atoms. The third-order valence-electron chi connectivity index (χ3n) is 8.03. The topological polar surface area (TPSA) is 89.6 Å².